The van der Waals surface area contributed by atoms with Gasteiger partial charge in [-0.25, -0.2) is 9.78 Å². The van der Waals surface area contributed by atoms with Crippen LogP contribution in [0.5, 0.6) is 5.75 Å². The second-order valence-electron chi connectivity index (χ2n) is 7.88. The molecule has 5 heteroatoms. The molecule has 2 aromatic carbocycles. The topological polar surface area (TPSA) is 63.8 Å². The van der Waals surface area contributed by atoms with Crippen LogP contribution in [0.15, 0.2) is 79.0 Å². The molecule has 3 heterocycles. The number of carbonyl (C=O) groups is 1. The van der Waals surface area contributed by atoms with Gasteiger partial charge in [-0.3, -0.25) is 0 Å². The number of hydrogen-bond acceptors (Lipinski definition) is 3. The maximum absolute atomic E-state index is 12.3. The van der Waals surface area contributed by atoms with Crippen molar-refractivity contribution in [2.75, 3.05) is 0 Å². The Balaban J connectivity index is 1.68. The number of carboxylic acids is 1. The van der Waals surface area contributed by atoms with Gasteiger partial charge in [-0.05, 0) is 55.3 Å². The molecule has 0 fully saturated rings. The first-order valence-electron chi connectivity index (χ1n) is 10.4. The summed E-state index contributed by atoms with van der Waals surface area (Å²) in [6.07, 6.45) is 1.99. The molecule has 3 aromatic heterocycles. The Morgan fingerprint density at radius 1 is 1.00 bits per heavy atom. The first kappa shape index (κ1) is 19.8. The Morgan fingerprint density at radius 2 is 1.78 bits per heavy atom. The molecular weight excluding hydrogens is 400 g/mol. The third-order valence-electron chi connectivity index (χ3n) is 5.80. The fourth-order valence-electron chi connectivity index (χ4n) is 4.13. The zero-order valence-electron chi connectivity index (χ0n) is 17.9. The summed E-state index contributed by atoms with van der Waals surface area (Å²) in [6.45, 7) is 4.31. The zero-order valence-corrected chi connectivity index (χ0v) is 17.9. The monoisotopic (exact) mass is 422 g/mol. The second kappa shape index (κ2) is 7.85. The second-order valence-corrected chi connectivity index (χ2v) is 7.88. The van der Waals surface area contributed by atoms with Crippen LogP contribution in [-0.2, 0) is 6.61 Å². The molecule has 32 heavy (non-hydrogen) atoms. The highest BCUT2D eigenvalue weighted by Gasteiger charge is 2.20. The van der Waals surface area contributed by atoms with Crippen molar-refractivity contribution in [3.05, 3.63) is 101 Å². The number of aromatic nitrogens is 2. The van der Waals surface area contributed by atoms with Crippen molar-refractivity contribution in [3.63, 3.8) is 0 Å². The Labute approximate surface area is 185 Å². The molecule has 0 atom stereocenters. The summed E-state index contributed by atoms with van der Waals surface area (Å²) >= 11 is 0. The van der Waals surface area contributed by atoms with E-state index < -0.39 is 5.97 Å². The van der Waals surface area contributed by atoms with E-state index in [1.54, 1.807) is 6.07 Å². The minimum atomic E-state index is -1.00. The van der Waals surface area contributed by atoms with Gasteiger partial charge in [-0.1, -0.05) is 42.5 Å². The van der Waals surface area contributed by atoms with Crippen LogP contribution in [-0.4, -0.2) is 20.5 Å². The molecule has 158 valence electrons. The Morgan fingerprint density at radius 3 is 2.53 bits per heavy atom. The molecule has 5 rings (SSSR count). The lowest BCUT2D eigenvalue weighted by atomic mass is 10.0. The van der Waals surface area contributed by atoms with Gasteiger partial charge in [0.05, 0.1) is 22.2 Å². The standard InChI is InChI=1S/C27H22N2O3/c1-17-11-12-24(32-16-19-8-4-3-5-9-19)25-22(27(30)31)15-23(28-26(17)25)21-14-20-10-6-7-13-29(20)18(21)2/h3-15H,16H2,1-2H3,(H,30,31). The smallest absolute Gasteiger partial charge is 0.336 e. The number of pyridine rings is 2. The van der Waals surface area contributed by atoms with Crippen LogP contribution in [0, 0.1) is 13.8 Å². The van der Waals surface area contributed by atoms with Gasteiger partial charge in [-0.15, -0.1) is 0 Å². The third kappa shape index (κ3) is 3.38. The molecule has 5 aromatic rings. The van der Waals surface area contributed by atoms with Gasteiger partial charge >= 0.3 is 5.97 Å². The predicted molar refractivity (Wildman–Crippen MR) is 125 cm³/mol. The molecular formula is C27H22N2O3. The van der Waals surface area contributed by atoms with E-state index in [2.05, 4.69) is 4.40 Å². The molecule has 0 spiro atoms. The van der Waals surface area contributed by atoms with Crippen LogP contribution in [0.25, 0.3) is 27.7 Å². The number of nitrogens with zero attached hydrogens (tertiary/aromatic N) is 2. The number of aromatic carboxylic acids is 1. The number of ether oxygens (including phenoxy) is 1. The SMILES string of the molecule is Cc1ccc(OCc2ccccc2)c2c(C(=O)O)cc(-c3cc4ccccn4c3C)nc12. The van der Waals surface area contributed by atoms with E-state index in [1.807, 2.05) is 86.8 Å². The summed E-state index contributed by atoms with van der Waals surface area (Å²) in [6, 6.07) is 23.2. The molecule has 0 aliphatic heterocycles. The predicted octanol–water partition coefficient (Wildman–Crippen LogP) is 6.05. The van der Waals surface area contributed by atoms with Crippen molar-refractivity contribution in [3.8, 4) is 17.0 Å². The number of hydrogen-bond donors (Lipinski definition) is 1. The Hall–Kier alpha value is -4.12. The van der Waals surface area contributed by atoms with Crippen LogP contribution in [0.1, 0.15) is 27.2 Å². The highest BCUT2D eigenvalue weighted by molar-refractivity contribution is 6.07. The number of rotatable bonds is 5. The molecule has 0 saturated carbocycles. The van der Waals surface area contributed by atoms with Crippen molar-refractivity contribution < 1.29 is 14.6 Å². The molecule has 1 N–H and O–H groups in total. The molecule has 0 unspecified atom stereocenters. The lowest BCUT2D eigenvalue weighted by molar-refractivity contribution is 0.0698. The number of aryl methyl sites for hydroxylation is 2. The van der Waals surface area contributed by atoms with Crippen molar-refractivity contribution in [1.82, 2.24) is 9.38 Å². The van der Waals surface area contributed by atoms with Gasteiger partial charge in [0.1, 0.15) is 12.4 Å². The van der Waals surface area contributed by atoms with E-state index in [-0.39, 0.29) is 5.56 Å². The summed E-state index contributed by atoms with van der Waals surface area (Å²) < 4.78 is 8.14. The average molecular weight is 422 g/mol. The van der Waals surface area contributed by atoms with E-state index in [0.29, 0.717) is 29.0 Å². The molecule has 0 radical (unpaired) electrons. The van der Waals surface area contributed by atoms with Gasteiger partial charge in [0.15, 0.2) is 0 Å². The fourth-order valence-corrected chi connectivity index (χ4v) is 4.13. The van der Waals surface area contributed by atoms with E-state index >= 15 is 0 Å². The maximum Gasteiger partial charge on any atom is 0.336 e. The quantitative estimate of drug-likeness (QED) is 0.375. The van der Waals surface area contributed by atoms with E-state index in [4.69, 9.17) is 9.72 Å². The molecule has 0 aliphatic carbocycles. The minimum absolute atomic E-state index is 0.186. The lowest BCUT2D eigenvalue weighted by Gasteiger charge is -2.14. The molecule has 0 amide bonds. The summed E-state index contributed by atoms with van der Waals surface area (Å²) in [5, 5.41) is 10.6. The largest absolute Gasteiger partial charge is 0.488 e. The summed E-state index contributed by atoms with van der Waals surface area (Å²) in [7, 11) is 0. The van der Waals surface area contributed by atoms with Gasteiger partial charge in [0.2, 0.25) is 0 Å². The van der Waals surface area contributed by atoms with Crippen LogP contribution < -0.4 is 4.74 Å². The number of benzene rings is 2. The van der Waals surface area contributed by atoms with Crippen molar-refractivity contribution in [1.29, 1.82) is 0 Å². The average Bonchev–Trinajstić information content (AvgIpc) is 3.15. The number of fused-ring (bicyclic) bond motifs is 2. The summed E-state index contributed by atoms with van der Waals surface area (Å²) in [5.74, 6) is -0.486. The molecule has 5 nitrogen and oxygen atoms in total. The van der Waals surface area contributed by atoms with Gasteiger partial charge < -0.3 is 14.2 Å². The van der Waals surface area contributed by atoms with Gasteiger partial charge in [0, 0.05) is 23.0 Å². The zero-order chi connectivity index (χ0) is 22.2. The highest BCUT2D eigenvalue weighted by Crippen LogP contribution is 2.35. The number of carboxylic acid groups (broad SMARTS) is 1. The molecule has 0 aliphatic rings. The van der Waals surface area contributed by atoms with E-state index in [9.17, 15) is 9.90 Å². The van der Waals surface area contributed by atoms with Crippen molar-refractivity contribution >= 4 is 22.4 Å². The molecule has 0 saturated heterocycles. The minimum Gasteiger partial charge on any atom is -0.488 e. The van der Waals surface area contributed by atoms with Crippen LogP contribution in [0.2, 0.25) is 0 Å². The van der Waals surface area contributed by atoms with Crippen molar-refractivity contribution in [2.24, 2.45) is 0 Å². The summed E-state index contributed by atoms with van der Waals surface area (Å²) in [5.41, 5.74) is 6.34. The normalized spacial score (nSPS) is 11.2. The lowest BCUT2D eigenvalue weighted by Crippen LogP contribution is -2.04. The van der Waals surface area contributed by atoms with E-state index in [1.165, 1.54) is 0 Å². The Kier molecular flexibility index (Phi) is 4.86. The third-order valence-corrected chi connectivity index (χ3v) is 5.80. The van der Waals surface area contributed by atoms with E-state index in [0.717, 1.165) is 27.9 Å². The van der Waals surface area contributed by atoms with Crippen molar-refractivity contribution in [2.45, 2.75) is 20.5 Å². The maximum atomic E-state index is 12.3. The molecule has 0 bridgehead atoms. The van der Waals surface area contributed by atoms with Crippen LogP contribution >= 0.6 is 0 Å². The van der Waals surface area contributed by atoms with Crippen LogP contribution in [0.3, 0.4) is 0 Å². The Bertz CT molecular complexity index is 1470. The van der Waals surface area contributed by atoms with Gasteiger partial charge in [0.25, 0.3) is 0 Å². The first-order chi connectivity index (χ1) is 15.5. The highest BCUT2D eigenvalue weighted by atomic mass is 16.5. The first-order valence-corrected chi connectivity index (χ1v) is 10.4. The summed E-state index contributed by atoms with van der Waals surface area (Å²) in [4.78, 5) is 17.2. The van der Waals surface area contributed by atoms with Crippen LogP contribution in [0.4, 0.5) is 0 Å². The van der Waals surface area contributed by atoms with Gasteiger partial charge in [-0.2, -0.15) is 0 Å². The fraction of sp³-hybridized carbons (Fsp3) is 0.111.